The zero-order chi connectivity index (χ0) is 18.4. The van der Waals surface area contributed by atoms with Crippen LogP contribution in [-0.4, -0.2) is 23.0 Å². The number of hydrogen-bond acceptors (Lipinski definition) is 5. The van der Waals surface area contributed by atoms with Crippen LogP contribution >= 0.6 is 23.2 Å². The number of nitro benzene ring substituents is 1. The lowest BCUT2D eigenvalue weighted by Crippen LogP contribution is -2.32. The van der Waals surface area contributed by atoms with E-state index in [9.17, 15) is 19.7 Å². The summed E-state index contributed by atoms with van der Waals surface area (Å²) in [5.74, 6) is -2.01. The number of nitro groups is 1. The number of nitrogens with zero attached hydrogens (tertiary/aromatic N) is 2. The van der Waals surface area contributed by atoms with E-state index in [0.717, 1.165) is 0 Å². The third-order valence-electron chi connectivity index (χ3n) is 2.79. The minimum atomic E-state index is -1.03. The van der Waals surface area contributed by atoms with E-state index in [1.165, 1.54) is 42.6 Å². The van der Waals surface area contributed by atoms with Crippen LogP contribution in [0.4, 0.5) is 11.4 Å². The summed E-state index contributed by atoms with van der Waals surface area (Å²) in [7, 11) is 0. The van der Waals surface area contributed by atoms with Gasteiger partial charge in [-0.25, -0.2) is 5.43 Å². The quantitative estimate of drug-likeness (QED) is 0.367. The van der Waals surface area contributed by atoms with Gasteiger partial charge in [0.05, 0.1) is 11.1 Å². The van der Waals surface area contributed by atoms with Crippen molar-refractivity contribution in [3.8, 4) is 0 Å². The summed E-state index contributed by atoms with van der Waals surface area (Å²) >= 11 is 11.6. The van der Waals surface area contributed by atoms with Gasteiger partial charge in [-0.2, -0.15) is 5.10 Å². The highest BCUT2D eigenvalue weighted by molar-refractivity contribution is 6.40. The maximum atomic E-state index is 11.7. The number of benzene rings is 2. The number of hydrogen-bond donors (Lipinski definition) is 2. The molecular weight excluding hydrogens is 371 g/mol. The Morgan fingerprint density at radius 3 is 2.40 bits per heavy atom. The van der Waals surface area contributed by atoms with Crippen molar-refractivity contribution in [2.75, 3.05) is 5.32 Å². The second kappa shape index (κ2) is 8.22. The lowest BCUT2D eigenvalue weighted by Gasteiger charge is -2.05. The lowest BCUT2D eigenvalue weighted by molar-refractivity contribution is -0.384. The number of carbonyl (C=O) groups is 2. The van der Waals surface area contributed by atoms with Crippen LogP contribution in [0, 0.1) is 10.1 Å². The van der Waals surface area contributed by atoms with E-state index in [1.54, 1.807) is 6.07 Å². The van der Waals surface area contributed by atoms with Gasteiger partial charge in [0.25, 0.3) is 5.69 Å². The number of carbonyl (C=O) groups excluding carboxylic acids is 2. The molecule has 0 aliphatic rings. The fourth-order valence-corrected chi connectivity index (χ4v) is 2.27. The number of hydrazone groups is 1. The summed E-state index contributed by atoms with van der Waals surface area (Å²) in [6, 6.07) is 9.93. The largest absolute Gasteiger partial charge is 0.329 e. The van der Waals surface area contributed by atoms with Gasteiger partial charge in [0.2, 0.25) is 0 Å². The van der Waals surface area contributed by atoms with Crippen LogP contribution in [0.15, 0.2) is 47.6 Å². The van der Waals surface area contributed by atoms with Crippen LogP contribution in [0.5, 0.6) is 0 Å². The third kappa shape index (κ3) is 5.55. The Labute approximate surface area is 151 Å². The van der Waals surface area contributed by atoms with Crippen molar-refractivity contribution in [3.63, 3.8) is 0 Å². The first-order valence-corrected chi connectivity index (χ1v) is 7.45. The average Bonchev–Trinajstić information content (AvgIpc) is 2.54. The summed E-state index contributed by atoms with van der Waals surface area (Å²) in [6.07, 6.45) is 1.18. The van der Waals surface area contributed by atoms with Gasteiger partial charge in [-0.15, -0.1) is 0 Å². The van der Waals surface area contributed by atoms with Crippen molar-refractivity contribution in [1.82, 2.24) is 5.43 Å². The molecule has 0 saturated heterocycles. The highest BCUT2D eigenvalue weighted by atomic mass is 35.5. The number of halogens is 2. The average molecular weight is 381 g/mol. The number of nitrogens with one attached hydrogen (secondary N) is 2. The first kappa shape index (κ1) is 18.4. The number of non-ortho nitro benzene ring substituents is 1. The van der Waals surface area contributed by atoms with Gasteiger partial charge >= 0.3 is 11.8 Å². The summed E-state index contributed by atoms with van der Waals surface area (Å²) in [5, 5.41) is 17.2. The number of amides is 2. The summed E-state index contributed by atoms with van der Waals surface area (Å²) in [4.78, 5) is 33.5. The standard InChI is InChI=1S/C15H10Cl2N4O4/c16-10-5-11(17)7-12(6-10)19-14(22)15(23)20-18-8-9-2-1-3-13(4-9)21(24)25/h1-8H,(H,19,22)(H,20,23)/b18-8-. The van der Waals surface area contributed by atoms with Crippen LogP contribution in [0.2, 0.25) is 10.0 Å². The predicted molar refractivity (Wildman–Crippen MR) is 93.9 cm³/mol. The maximum Gasteiger partial charge on any atom is 0.329 e. The van der Waals surface area contributed by atoms with Gasteiger partial charge in [0.15, 0.2) is 0 Å². The predicted octanol–water partition coefficient (Wildman–Crippen LogP) is 2.99. The van der Waals surface area contributed by atoms with Crippen LogP contribution < -0.4 is 10.7 Å². The van der Waals surface area contributed by atoms with Gasteiger partial charge in [-0.1, -0.05) is 35.3 Å². The van der Waals surface area contributed by atoms with E-state index in [0.29, 0.717) is 15.6 Å². The van der Waals surface area contributed by atoms with E-state index < -0.39 is 16.7 Å². The molecule has 0 bridgehead atoms. The van der Waals surface area contributed by atoms with Crippen LogP contribution in [0.25, 0.3) is 0 Å². The summed E-state index contributed by atoms with van der Waals surface area (Å²) < 4.78 is 0. The second-order valence-corrected chi connectivity index (χ2v) is 5.54. The molecule has 2 amide bonds. The van der Waals surface area contributed by atoms with Crippen molar-refractivity contribution in [2.45, 2.75) is 0 Å². The molecule has 0 aliphatic carbocycles. The Bertz CT molecular complexity index is 850. The summed E-state index contributed by atoms with van der Waals surface area (Å²) in [5.41, 5.74) is 2.53. The Kier molecular flexibility index (Phi) is 6.04. The molecule has 0 saturated carbocycles. The molecule has 8 nitrogen and oxygen atoms in total. The van der Waals surface area contributed by atoms with E-state index in [2.05, 4.69) is 10.4 Å². The lowest BCUT2D eigenvalue weighted by atomic mass is 10.2. The van der Waals surface area contributed by atoms with Crippen molar-refractivity contribution in [1.29, 1.82) is 0 Å². The molecule has 0 fully saturated rings. The Hall–Kier alpha value is -2.97. The topological polar surface area (TPSA) is 114 Å². The Balaban J connectivity index is 1.96. The molecule has 0 unspecified atom stereocenters. The molecule has 0 heterocycles. The van der Waals surface area contributed by atoms with Gasteiger partial charge in [0.1, 0.15) is 0 Å². The molecule has 2 aromatic rings. The van der Waals surface area contributed by atoms with Gasteiger partial charge in [0, 0.05) is 33.4 Å². The molecule has 2 rings (SSSR count). The minimum absolute atomic E-state index is 0.120. The van der Waals surface area contributed by atoms with E-state index in [-0.39, 0.29) is 11.4 Å². The fraction of sp³-hybridized carbons (Fsp3) is 0. The molecule has 128 valence electrons. The number of rotatable bonds is 4. The fourth-order valence-electron chi connectivity index (χ4n) is 1.75. The Morgan fingerprint density at radius 2 is 1.76 bits per heavy atom. The molecule has 0 aromatic heterocycles. The van der Waals surface area contributed by atoms with Crippen LogP contribution in [0.1, 0.15) is 5.56 Å². The molecule has 0 atom stereocenters. The Morgan fingerprint density at radius 1 is 1.08 bits per heavy atom. The van der Waals surface area contributed by atoms with Gasteiger partial charge < -0.3 is 5.32 Å². The van der Waals surface area contributed by atoms with E-state index in [4.69, 9.17) is 23.2 Å². The van der Waals surface area contributed by atoms with Gasteiger partial charge in [-0.3, -0.25) is 19.7 Å². The van der Waals surface area contributed by atoms with Crippen molar-refractivity contribution < 1.29 is 14.5 Å². The maximum absolute atomic E-state index is 11.7. The first-order chi connectivity index (χ1) is 11.8. The normalized spacial score (nSPS) is 10.5. The molecule has 0 spiro atoms. The minimum Gasteiger partial charge on any atom is -0.318 e. The van der Waals surface area contributed by atoms with Crippen molar-refractivity contribution in [2.24, 2.45) is 5.10 Å². The molecule has 0 aliphatic heterocycles. The van der Waals surface area contributed by atoms with Crippen molar-refractivity contribution >= 4 is 52.6 Å². The third-order valence-corrected chi connectivity index (χ3v) is 3.22. The molecule has 2 N–H and O–H groups in total. The molecule has 10 heteroatoms. The smallest absolute Gasteiger partial charge is 0.318 e. The van der Waals surface area contributed by atoms with Gasteiger partial charge in [-0.05, 0) is 18.2 Å². The monoisotopic (exact) mass is 380 g/mol. The van der Waals surface area contributed by atoms with E-state index >= 15 is 0 Å². The van der Waals surface area contributed by atoms with Crippen molar-refractivity contribution in [3.05, 3.63) is 68.2 Å². The number of anilines is 1. The SMILES string of the molecule is O=C(N/N=C\c1cccc([N+](=O)[O-])c1)C(=O)Nc1cc(Cl)cc(Cl)c1. The molecule has 2 aromatic carbocycles. The van der Waals surface area contributed by atoms with Crippen LogP contribution in [-0.2, 0) is 9.59 Å². The van der Waals surface area contributed by atoms with E-state index in [1.807, 2.05) is 5.43 Å². The summed E-state index contributed by atoms with van der Waals surface area (Å²) in [6.45, 7) is 0. The molecular formula is C15H10Cl2N4O4. The zero-order valence-electron chi connectivity index (χ0n) is 12.4. The molecule has 0 radical (unpaired) electrons. The first-order valence-electron chi connectivity index (χ1n) is 6.70. The highest BCUT2D eigenvalue weighted by Gasteiger charge is 2.13. The second-order valence-electron chi connectivity index (χ2n) is 4.66. The van der Waals surface area contributed by atoms with Crippen LogP contribution in [0.3, 0.4) is 0 Å². The zero-order valence-corrected chi connectivity index (χ0v) is 13.9. The molecule has 25 heavy (non-hydrogen) atoms. The highest BCUT2D eigenvalue weighted by Crippen LogP contribution is 2.22.